The third-order valence-electron chi connectivity index (χ3n) is 4.75. The molecule has 2 aromatic carbocycles. The molecule has 0 bridgehead atoms. The van der Waals surface area contributed by atoms with Gasteiger partial charge in [-0.05, 0) is 56.2 Å². The van der Waals surface area contributed by atoms with Crippen LogP contribution in [0.25, 0.3) is 0 Å². The number of carbonyl (C=O) groups excluding carboxylic acids is 2. The Hall–Kier alpha value is -3.38. The van der Waals surface area contributed by atoms with Gasteiger partial charge >= 0.3 is 0 Å². The third kappa shape index (κ3) is 3.21. The van der Waals surface area contributed by atoms with Crippen LogP contribution in [-0.2, 0) is 10.0 Å². The fourth-order valence-corrected chi connectivity index (χ4v) is 5.07. The molecule has 1 N–H and O–H groups in total. The number of amides is 2. The van der Waals surface area contributed by atoms with Crippen molar-refractivity contribution in [3.8, 4) is 11.8 Å². The first-order chi connectivity index (χ1) is 13.9. The first-order valence-corrected chi connectivity index (χ1v) is 10.5. The highest BCUT2D eigenvalue weighted by Gasteiger charge is 2.48. The molecule has 1 aliphatic carbocycles. The third-order valence-corrected chi connectivity index (χ3v) is 6.62. The molecule has 0 aromatic heterocycles. The molecule has 0 spiro atoms. The van der Waals surface area contributed by atoms with Crippen molar-refractivity contribution in [2.24, 2.45) is 0 Å². The number of sulfonamides is 1. The van der Waals surface area contributed by atoms with Crippen LogP contribution in [0.3, 0.4) is 0 Å². The van der Waals surface area contributed by atoms with E-state index in [1.54, 1.807) is 19.1 Å². The highest BCUT2D eigenvalue weighted by molar-refractivity contribution is 7.90. The second-order valence-corrected chi connectivity index (χ2v) is 8.54. The van der Waals surface area contributed by atoms with Gasteiger partial charge in [0.2, 0.25) is 0 Å². The molecule has 1 heterocycles. The highest BCUT2D eigenvalue weighted by atomic mass is 32.2. The van der Waals surface area contributed by atoms with Crippen molar-refractivity contribution in [3.05, 3.63) is 53.1 Å². The maximum absolute atomic E-state index is 12.7. The summed E-state index contributed by atoms with van der Waals surface area (Å²) in [5.74, 6) is -0.727. The quantitative estimate of drug-likeness (QED) is 0.808. The Labute approximate surface area is 167 Å². The Morgan fingerprint density at radius 3 is 2.69 bits per heavy atom. The molecule has 0 atom stereocenters. The molecule has 8 nitrogen and oxygen atoms in total. The lowest BCUT2D eigenvalue weighted by Crippen LogP contribution is -2.31. The van der Waals surface area contributed by atoms with Crippen molar-refractivity contribution < 1.29 is 22.7 Å². The summed E-state index contributed by atoms with van der Waals surface area (Å²) in [5, 5.41) is 11.7. The molecule has 4 rings (SSSR count). The van der Waals surface area contributed by atoms with Crippen LogP contribution < -0.4 is 10.1 Å². The number of nitrogens with one attached hydrogen (secondary N) is 1. The van der Waals surface area contributed by atoms with Gasteiger partial charge in [-0.2, -0.15) is 5.26 Å². The van der Waals surface area contributed by atoms with E-state index in [-0.39, 0.29) is 22.1 Å². The summed E-state index contributed by atoms with van der Waals surface area (Å²) < 4.78 is 31.9. The van der Waals surface area contributed by atoms with E-state index < -0.39 is 21.8 Å². The van der Waals surface area contributed by atoms with E-state index >= 15 is 0 Å². The Bertz CT molecular complexity index is 1180. The van der Waals surface area contributed by atoms with Crippen molar-refractivity contribution >= 4 is 27.5 Å². The molecule has 148 valence electrons. The second-order valence-electron chi connectivity index (χ2n) is 6.76. The number of anilines is 1. The van der Waals surface area contributed by atoms with Crippen LogP contribution in [0.15, 0.2) is 41.3 Å². The van der Waals surface area contributed by atoms with Crippen LogP contribution in [-0.4, -0.2) is 37.2 Å². The molecular formula is C20H17N3O5S. The summed E-state index contributed by atoms with van der Waals surface area (Å²) >= 11 is 0. The number of rotatable bonds is 5. The normalized spacial score (nSPS) is 16.8. The number of carbonyl (C=O) groups is 2. The number of fused-ring (bicyclic) bond motifs is 1. The van der Waals surface area contributed by atoms with Crippen molar-refractivity contribution in [1.82, 2.24) is 4.31 Å². The van der Waals surface area contributed by atoms with Gasteiger partial charge < -0.3 is 10.1 Å². The summed E-state index contributed by atoms with van der Waals surface area (Å²) in [7, 11) is -3.95. The smallest absolute Gasteiger partial charge is 0.269 e. The fourth-order valence-electron chi connectivity index (χ4n) is 3.23. The van der Waals surface area contributed by atoms with E-state index in [2.05, 4.69) is 5.32 Å². The zero-order valence-electron chi connectivity index (χ0n) is 15.5. The van der Waals surface area contributed by atoms with E-state index in [0.29, 0.717) is 36.4 Å². The molecule has 1 fully saturated rings. The topological polar surface area (TPSA) is 117 Å². The maximum Gasteiger partial charge on any atom is 0.269 e. The highest BCUT2D eigenvalue weighted by Crippen LogP contribution is 2.39. The first-order valence-electron chi connectivity index (χ1n) is 9.08. The zero-order valence-corrected chi connectivity index (χ0v) is 16.3. The summed E-state index contributed by atoms with van der Waals surface area (Å²) in [6.07, 6.45) is 1.31. The molecular weight excluding hydrogens is 394 g/mol. The van der Waals surface area contributed by atoms with Gasteiger partial charge in [-0.25, -0.2) is 12.7 Å². The molecule has 0 radical (unpaired) electrons. The number of nitriles is 1. The van der Waals surface area contributed by atoms with Crippen LogP contribution in [0.2, 0.25) is 0 Å². The van der Waals surface area contributed by atoms with Crippen LogP contribution >= 0.6 is 0 Å². The minimum absolute atomic E-state index is 0.0786. The Balaban J connectivity index is 1.67. The van der Waals surface area contributed by atoms with Crippen molar-refractivity contribution in [1.29, 1.82) is 5.26 Å². The molecule has 2 aromatic rings. The second kappa shape index (κ2) is 6.90. The van der Waals surface area contributed by atoms with Crippen molar-refractivity contribution in [2.45, 2.75) is 30.7 Å². The zero-order chi connectivity index (χ0) is 20.8. The standard InChI is InChI=1S/C20H17N3O5S/c1-2-28-17-8-3-12(11-21)9-16(17)22-19(24)13-4-7-15-18(10-13)29(26,27)23(20(15)25)14-5-6-14/h3-4,7-10,14H,2,5-6H2,1H3,(H,22,24). The molecule has 2 amide bonds. The Morgan fingerprint density at radius 2 is 2.03 bits per heavy atom. The number of benzene rings is 2. The number of hydrogen-bond acceptors (Lipinski definition) is 6. The van der Waals surface area contributed by atoms with Crippen molar-refractivity contribution in [3.63, 3.8) is 0 Å². The molecule has 1 aliphatic heterocycles. The van der Waals surface area contributed by atoms with E-state index in [1.165, 1.54) is 24.3 Å². The monoisotopic (exact) mass is 411 g/mol. The predicted molar refractivity (Wildman–Crippen MR) is 103 cm³/mol. The fraction of sp³-hybridized carbons (Fsp3) is 0.250. The van der Waals surface area contributed by atoms with Gasteiger partial charge in [-0.15, -0.1) is 0 Å². The summed E-state index contributed by atoms with van der Waals surface area (Å²) in [4.78, 5) is 25.0. The number of hydrogen-bond donors (Lipinski definition) is 1. The molecule has 29 heavy (non-hydrogen) atoms. The average Bonchev–Trinajstić information content (AvgIpc) is 3.50. The Kier molecular flexibility index (Phi) is 4.51. The van der Waals surface area contributed by atoms with Gasteiger partial charge in [-0.1, -0.05) is 0 Å². The van der Waals surface area contributed by atoms with Crippen molar-refractivity contribution in [2.75, 3.05) is 11.9 Å². The van der Waals surface area contributed by atoms with Gasteiger partial charge in [0.15, 0.2) is 0 Å². The van der Waals surface area contributed by atoms with Crippen LogP contribution in [0, 0.1) is 11.3 Å². The molecule has 2 aliphatic rings. The largest absolute Gasteiger partial charge is 0.492 e. The summed E-state index contributed by atoms with van der Waals surface area (Å²) in [5.41, 5.74) is 0.804. The van der Waals surface area contributed by atoms with Crippen LogP contribution in [0.1, 0.15) is 46.0 Å². The lowest BCUT2D eigenvalue weighted by Gasteiger charge is -2.13. The van der Waals surface area contributed by atoms with Gasteiger partial charge in [0, 0.05) is 11.6 Å². The molecule has 9 heteroatoms. The summed E-state index contributed by atoms with van der Waals surface area (Å²) in [6.45, 7) is 2.16. The van der Waals surface area contributed by atoms with Gasteiger partial charge in [0.1, 0.15) is 10.6 Å². The Morgan fingerprint density at radius 1 is 1.28 bits per heavy atom. The van der Waals surface area contributed by atoms with Gasteiger partial charge in [0.05, 0.1) is 29.5 Å². The first kappa shape index (κ1) is 19.0. The van der Waals surface area contributed by atoms with Crippen LogP contribution in [0.4, 0.5) is 5.69 Å². The van der Waals surface area contributed by atoms with Crippen LogP contribution in [0.5, 0.6) is 5.75 Å². The molecule has 0 saturated heterocycles. The van der Waals surface area contributed by atoms with E-state index in [1.807, 2.05) is 6.07 Å². The number of ether oxygens (including phenoxy) is 1. The summed E-state index contributed by atoms with van der Waals surface area (Å²) in [6, 6.07) is 10.3. The molecule has 1 saturated carbocycles. The molecule has 0 unspecified atom stereocenters. The van der Waals surface area contributed by atoms with E-state index in [9.17, 15) is 18.0 Å². The lowest BCUT2D eigenvalue weighted by molar-refractivity contribution is 0.0864. The predicted octanol–water partition coefficient (Wildman–Crippen LogP) is 2.52. The minimum Gasteiger partial charge on any atom is -0.492 e. The number of nitrogens with zero attached hydrogens (tertiary/aromatic N) is 2. The van der Waals surface area contributed by atoms with E-state index in [4.69, 9.17) is 10.00 Å². The van der Waals surface area contributed by atoms with Gasteiger partial charge in [0.25, 0.3) is 21.8 Å². The average molecular weight is 411 g/mol. The lowest BCUT2D eigenvalue weighted by atomic mass is 10.1. The van der Waals surface area contributed by atoms with E-state index in [0.717, 1.165) is 4.31 Å². The van der Waals surface area contributed by atoms with Gasteiger partial charge in [-0.3, -0.25) is 9.59 Å². The SMILES string of the molecule is CCOc1ccc(C#N)cc1NC(=O)c1ccc2c(c1)S(=O)(=O)N(C1CC1)C2=O. The minimum atomic E-state index is -3.95. The maximum atomic E-state index is 12.7.